The minimum absolute atomic E-state index is 0.0171. The third kappa shape index (κ3) is 3.57. The van der Waals surface area contributed by atoms with Gasteiger partial charge in [0.25, 0.3) is 0 Å². The Balaban J connectivity index is 2.89. The van der Waals surface area contributed by atoms with Gasteiger partial charge in [0.2, 0.25) is 5.91 Å². The summed E-state index contributed by atoms with van der Waals surface area (Å²) in [6, 6.07) is 9.60. The van der Waals surface area contributed by atoms with Crippen LogP contribution in [0.3, 0.4) is 0 Å². The van der Waals surface area contributed by atoms with Crippen LogP contribution in [0, 0.1) is 0 Å². The van der Waals surface area contributed by atoms with Crippen molar-refractivity contribution in [3.8, 4) is 0 Å². The molecular formula is C15H20N2O. The molecule has 3 heteroatoms. The van der Waals surface area contributed by atoms with E-state index in [1.807, 2.05) is 30.3 Å². The predicted octanol–water partition coefficient (Wildman–Crippen LogP) is 1.93. The first-order valence-corrected chi connectivity index (χ1v) is 6.00. The maximum Gasteiger partial charge on any atom is 0.231 e. The molecular weight excluding hydrogens is 224 g/mol. The van der Waals surface area contributed by atoms with Crippen molar-refractivity contribution in [2.45, 2.75) is 5.92 Å². The van der Waals surface area contributed by atoms with E-state index < -0.39 is 0 Å². The van der Waals surface area contributed by atoms with Crippen molar-refractivity contribution in [1.29, 1.82) is 0 Å². The van der Waals surface area contributed by atoms with Gasteiger partial charge in [-0.25, -0.2) is 0 Å². The van der Waals surface area contributed by atoms with Crippen molar-refractivity contribution in [2.24, 2.45) is 5.73 Å². The molecule has 0 heterocycles. The molecule has 1 amide bonds. The molecule has 0 saturated carbocycles. The Hall–Kier alpha value is -1.87. The van der Waals surface area contributed by atoms with Gasteiger partial charge in [0.05, 0.1) is 5.92 Å². The third-order valence-electron chi connectivity index (χ3n) is 2.75. The summed E-state index contributed by atoms with van der Waals surface area (Å²) in [5.74, 6) is -0.283. The molecule has 0 spiro atoms. The third-order valence-corrected chi connectivity index (χ3v) is 2.75. The zero-order chi connectivity index (χ0) is 13.4. The second kappa shape index (κ2) is 7.45. The lowest BCUT2D eigenvalue weighted by Crippen LogP contribution is -2.38. The minimum Gasteiger partial charge on any atom is -0.335 e. The van der Waals surface area contributed by atoms with Crippen LogP contribution < -0.4 is 5.73 Å². The van der Waals surface area contributed by atoms with E-state index in [1.165, 1.54) is 0 Å². The summed E-state index contributed by atoms with van der Waals surface area (Å²) in [6.45, 7) is 8.64. The number of carbonyl (C=O) groups excluding carboxylic acids is 1. The highest BCUT2D eigenvalue weighted by Crippen LogP contribution is 2.17. The largest absolute Gasteiger partial charge is 0.335 e. The van der Waals surface area contributed by atoms with Crippen molar-refractivity contribution in [3.05, 3.63) is 61.2 Å². The molecule has 0 aliphatic rings. The lowest BCUT2D eigenvalue weighted by Gasteiger charge is -2.25. The van der Waals surface area contributed by atoms with E-state index in [1.54, 1.807) is 17.1 Å². The van der Waals surface area contributed by atoms with Gasteiger partial charge in [-0.15, -0.1) is 13.2 Å². The van der Waals surface area contributed by atoms with Gasteiger partial charge in [0.1, 0.15) is 0 Å². The van der Waals surface area contributed by atoms with Gasteiger partial charge in [-0.05, 0) is 5.56 Å². The number of nitrogens with two attached hydrogens (primary N) is 1. The maximum atomic E-state index is 12.4. The smallest absolute Gasteiger partial charge is 0.231 e. The molecule has 0 aliphatic carbocycles. The summed E-state index contributed by atoms with van der Waals surface area (Å²) in [7, 11) is 0. The normalized spacial score (nSPS) is 11.6. The van der Waals surface area contributed by atoms with Crippen molar-refractivity contribution in [1.82, 2.24) is 4.90 Å². The zero-order valence-corrected chi connectivity index (χ0v) is 10.6. The molecule has 0 saturated heterocycles. The molecule has 0 aromatic heterocycles. The van der Waals surface area contributed by atoms with Gasteiger partial charge >= 0.3 is 0 Å². The van der Waals surface area contributed by atoms with E-state index in [0.29, 0.717) is 19.6 Å². The Kier molecular flexibility index (Phi) is 5.88. The quantitative estimate of drug-likeness (QED) is 0.745. The number of hydrogen-bond donors (Lipinski definition) is 1. The van der Waals surface area contributed by atoms with Crippen LogP contribution in [-0.2, 0) is 4.79 Å². The Bertz CT molecular complexity index is 390. The van der Waals surface area contributed by atoms with E-state index in [2.05, 4.69) is 13.2 Å². The summed E-state index contributed by atoms with van der Waals surface area (Å²) < 4.78 is 0. The van der Waals surface area contributed by atoms with Gasteiger partial charge in [-0.1, -0.05) is 42.5 Å². The van der Waals surface area contributed by atoms with Crippen LogP contribution in [0.1, 0.15) is 11.5 Å². The predicted molar refractivity (Wildman–Crippen MR) is 75.2 cm³/mol. The minimum atomic E-state index is -0.300. The first-order chi connectivity index (χ1) is 8.74. The summed E-state index contributed by atoms with van der Waals surface area (Å²) in [4.78, 5) is 14.1. The second-order valence-electron chi connectivity index (χ2n) is 4.02. The number of benzene rings is 1. The van der Waals surface area contributed by atoms with Crippen LogP contribution in [-0.4, -0.2) is 30.4 Å². The molecule has 3 nitrogen and oxygen atoms in total. The molecule has 96 valence electrons. The molecule has 1 aromatic carbocycles. The van der Waals surface area contributed by atoms with Crippen LogP contribution in [0.2, 0.25) is 0 Å². The Morgan fingerprint density at radius 2 is 1.78 bits per heavy atom. The summed E-state index contributed by atoms with van der Waals surface area (Å²) in [5, 5.41) is 0. The maximum absolute atomic E-state index is 12.4. The SMILES string of the molecule is C=CCN(CC=C)C(=O)C(CN)c1ccccc1. The van der Waals surface area contributed by atoms with E-state index >= 15 is 0 Å². The number of nitrogens with zero attached hydrogens (tertiary/aromatic N) is 1. The fraction of sp³-hybridized carbons (Fsp3) is 0.267. The Morgan fingerprint density at radius 1 is 1.22 bits per heavy atom. The van der Waals surface area contributed by atoms with Gasteiger partial charge < -0.3 is 10.6 Å². The van der Waals surface area contributed by atoms with Gasteiger partial charge in [-0.2, -0.15) is 0 Å². The average Bonchev–Trinajstić information content (AvgIpc) is 2.40. The molecule has 0 radical (unpaired) electrons. The van der Waals surface area contributed by atoms with Gasteiger partial charge in [0.15, 0.2) is 0 Å². The van der Waals surface area contributed by atoms with Crippen LogP contribution in [0.15, 0.2) is 55.6 Å². The lowest BCUT2D eigenvalue weighted by molar-refractivity contribution is -0.131. The summed E-state index contributed by atoms with van der Waals surface area (Å²) in [5.41, 5.74) is 6.68. The molecule has 1 unspecified atom stereocenters. The second-order valence-corrected chi connectivity index (χ2v) is 4.02. The zero-order valence-electron chi connectivity index (χ0n) is 10.6. The number of rotatable bonds is 7. The van der Waals surface area contributed by atoms with Crippen LogP contribution in [0.4, 0.5) is 0 Å². The molecule has 2 N–H and O–H groups in total. The van der Waals surface area contributed by atoms with Gasteiger partial charge in [-0.3, -0.25) is 4.79 Å². The molecule has 1 aromatic rings. The highest BCUT2D eigenvalue weighted by atomic mass is 16.2. The van der Waals surface area contributed by atoms with Crippen molar-refractivity contribution in [3.63, 3.8) is 0 Å². The molecule has 0 bridgehead atoms. The molecule has 1 atom stereocenters. The van der Waals surface area contributed by atoms with Crippen LogP contribution in [0.5, 0.6) is 0 Å². The van der Waals surface area contributed by atoms with E-state index in [4.69, 9.17) is 5.73 Å². The number of carbonyl (C=O) groups is 1. The first kappa shape index (κ1) is 14.2. The molecule has 0 fully saturated rings. The highest BCUT2D eigenvalue weighted by Gasteiger charge is 2.23. The standard InChI is InChI=1S/C15H20N2O/c1-3-10-17(11-4-2)15(18)14(12-16)13-8-6-5-7-9-13/h3-9,14H,1-2,10-12,16H2. The average molecular weight is 244 g/mol. The number of amides is 1. The monoisotopic (exact) mass is 244 g/mol. The van der Waals surface area contributed by atoms with Gasteiger partial charge in [0, 0.05) is 19.6 Å². The fourth-order valence-corrected chi connectivity index (χ4v) is 1.85. The summed E-state index contributed by atoms with van der Waals surface area (Å²) in [6.07, 6.45) is 3.42. The van der Waals surface area contributed by atoms with E-state index in [9.17, 15) is 4.79 Å². The van der Waals surface area contributed by atoms with Crippen molar-refractivity contribution in [2.75, 3.05) is 19.6 Å². The summed E-state index contributed by atoms with van der Waals surface area (Å²) >= 11 is 0. The lowest BCUT2D eigenvalue weighted by atomic mass is 9.97. The van der Waals surface area contributed by atoms with Crippen molar-refractivity contribution < 1.29 is 4.79 Å². The Labute approximate surface area is 109 Å². The Morgan fingerprint density at radius 3 is 2.22 bits per heavy atom. The fourth-order valence-electron chi connectivity index (χ4n) is 1.85. The highest BCUT2D eigenvalue weighted by molar-refractivity contribution is 5.84. The molecule has 18 heavy (non-hydrogen) atoms. The molecule has 0 aliphatic heterocycles. The van der Waals surface area contributed by atoms with Crippen LogP contribution >= 0.6 is 0 Å². The topological polar surface area (TPSA) is 46.3 Å². The van der Waals surface area contributed by atoms with Crippen molar-refractivity contribution >= 4 is 5.91 Å². The van der Waals surface area contributed by atoms with E-state index in [0.717, 1.165) is 5.56 Å². The first-order valence-electron chi connectivity index (χ1n) is 6.00. The van der Waals surface area contributed by atoms with Crippen LogP contribution in [0.25, 0.3) is 0 Å². The van der Waals surface area contributed by atoms with E-state index in [-0.39, 0.29) is 11.8 Å². The number of hydrogen-bond acceptors (Lipinski definition) is 2. The molecule has 1 rings (SSSR count).